The Hall–Kier alpha value is -2.30. The molecular formula is C18H23N3O2. The summed E-state index contributed by atoms with van der Waals surface area (Å²) in [6.45, 7) is 7.61. The number of H-pyrrole nitrogens is 1. The van der Waals surface area contributed by atoms with Gasteiger partial charge < -0.3 is 14.8 Å². The van der Waals surface area contributed by atoms with Crippen molar-refractivity contribution in [3.63, 3.8) is 0 Å². The maximum absolute atomic E-state index is 12.8. The summed E-state index contributed by atoms with van der Waals surface area (Å²) in [5, 5.41) is 1.04. The molecule has 0 aliphatic carbocycles. The smallest absolute Gasteiger partial charge is 0.270 e. The van der Waals surface area contributed by atoms with Crippen LogP contribution >= 0.6 is 0 Å². The van der Waals surface area contributed by atoms with Gasteiger partial charge >= 0.3 is 0 Å². The zero-order valence-corrected chi connectivity index (χ0v) is 13.9. The van der Waals surface area contributed by atoms with Gasteiger partial charge in [-0.1, -0.05) is 32.0 Å². The number of benzene rings is 1. The fourth-order valence-corrected chi connectivity index (χ4v) is 3.17. The van der Waals surface area contributed by atoms with Gasteiger partial charge in [0.1, 0.15) is 5.69 Å². The molecule has 1 N–H and O–H groups in total. The number of nitrogens with zero attached hydrogens (tertiary/aromatic N) is 2. The van der Waals surface area contributed by atoms with Crippen LogP contribution in [0.4, 0.5) is 0 Å². The molecule has 1 aliphatic rings. The Morgan fingerprint density at radius 2 is 1.96 bits per heavy atom. The fraction of sp³-hybridized carbons (Fsp3) is 0.444. The van der Waals surface area contributed by atoms with Crippen molar-refractivity contribution < 1.29 is 9.59 Å². The molecule has 5 heteroatoms. The molecule has 2 aromatic rings. The molecule has 5 nitrogen and oxygen atoms in total. The lowest BCUT2D eigenvalue weighted by Gasteiger charge is -2.40. The van der Waals surface area contributed by atoms with Gasteiger partial charge in [-0.25, -0.2) is 0 Å². The predicted octanol–water partition coefficient (Wildman–Crippen LogP) is 2.50. The SMILES string of the molecule is CC(C)C(=O)N1CCN(C(=O)c2cc3ccccc3[nH]2)C(C)C1. The lowest BCUT2D eigenvalue weighted by molar-refractivity contribution is -0.136. The fourth-order valence-electron chi connectivity index (χ4n) is 3.17. The van der Waals surface area contributed by atoms with Crippen LogP contribution in [0.2, 0.25) is 0 Å². The molecule has 1 aromatic carbocycles. The summed E-state index contributed by atoms with van der Waals surface area (Å²) in [4.78, 5) is 31.8. The van der Waals surface area contributed by atoms with Crippen molar-refractivity contribution >= 4 is 22.7 Å². The minimum Gasteiger partial charge on any atom is -0.351 e. The van der Waals surface area contributed by atoms with Crippen LogP contribution in [0.3, 0.4) is 0 Å². The molecule has 1 unspecified atom stereocenters. The van der Waals surface area contributed by atoms with E-state index in [4.69, 9.17) is 0 Å². The summed E-state index contributed by atoms with van der Waals surface area (Å²) < 4.78 is 0. The minimum atomic E-state index is -0.00171. The van der Waals surface area contributed by atoms with Gasteiger partial charge in [0, 0.05) is 42.5 Å². The molecule has 2 amide bonds. The number of carbonyl (C=O) groups excluding carboxylic acids is 2. The summed E-state index contributed by atoms with van der Waals surface area (Å²) in [6, 6.07) is 9.79. The van der Waals surface area contributed by atoms with Crippen LogP contribution in [0.1, 0.15) is 31.3 Å². The lowest BCUT2D eigenvalue weighted by atomic mass is 10.1. The van der Waals surface area contributed by atoms with Gasteiger partial charge in [0.15, 0.2) is 0 Å². The number of hydrogen-bond acceptors (Lipinski definition) is 2. The highest BCUT2D eigenvalue weighted by Crippen LogP contribution is 2.19. The van der Waals surface area contributed by atoms with Crippen LogP contribution in [0, 0.1) is 5.92 Å². The van der Waals surface area contributed by atoms with Crippen LogP contribution in [-0.2, 0) is 4.79 Å². The molecule has 0 saturated carbocycles. The molecular weight excluding hydrogens is 290 g/mol. The molecule has 1 aromatic heterocycles. The second-order valence-electron chi connectivity index (χ2n) is 6.56. The first-order chi connectivity index (χ1) is 11.0. The minimum absolute atomic E-state index is 0.00171. The van der Waals surface area contributed by atoms with Crippen molar-refractivity contribution in [2.24, 2.45) is 5.92 Å². The number of piperazine rings is 1. The van der Waals surface area contributed by atoms with E-state index >= 15 is 0 Å². The quantitative estimate of drug-likeness (QED) is 0.926. The highest BCUT2D eigenvalue weighted by Gasteiger charge is 2.31. The van der Waals surface area contributed by atoms with E-state index in [1.807, 2.05) is 60.9 Å². The van der Waals surface area contributed by atoms with Crippen LogP contribution in [-0.4, -0.2) is 52.3 Å². The normalized spacial score (nSPS) is 18.7. The Morgan fingerprint density at radius 3 is 2.61 bits per heavy atom. The summed E-state index contributed by atoms with van der Waals surface area (Å²) >= 11 is 0. The van der Waals surface area contributed by atoms with E-state index in [1.165, 1.54) is 0 Å². The van der Waals surface area contributed by atoms with Crippen molar-refractivity contribution in [2.75, 3.05) is 19.6 Å². The Balaban J connectivity index is 1.74. The third-order valence-corrected chi connectivity index (χ3v) is 4.45. The number of amides is 2. The summed E-state index contributed by atoms with van der Waals surface area (Å²) in [5.74, 6) is 0.165. The first kappa shape index (κ1) is 15.6. The maximum Gasteiger partial charge on any atom is 0.270 e. The van der Waals surface area contributed by atoms with Gasteiger partial charge in [-0.3, -0.25) is 9.59 Å². The standard InChI is InChI=1S/C18H23N3O2/c1-12(2)17(22)20-8-9-21(13(3)11-20)18(23)16-10-14-6-4-5-7-15(14)19-16/h4-7,10,12-13,19H,8-9,11H2,1-3H3. The first-order valence-electron chi connectivity index (χ1n) is 8.15. The molecule has 0 spiro atoms. The van der Waals surface area contributed by atoms with Crippen molar-refractivity contribution in [2.45, 2.75) is 26.8 Å². The first-order valence-corrected chi connectivity index (χ1v) is 8.15. The second kappa shape index (κ2) is 6.07. The molecule has 1 saturated heterocycles. The Bertz CT molecular complexity index is 702. The number of para-hydroxylation sites is 1. The van der Waals surface area contributed by atoms with E-state index in [1.54, 1.807) is 0 Å². The van der Waals surface area contributed by atoms with E-state index < -0.39 is 0 Å². The van der Waals surface area contributed by atoms with Crippen molar-refractivity contribution in [1.82, 2.24) is 14.8 Å². The number of fused-ring (bicyclic) bond motifs is 1. The third-order valence-electron chi connectivity index (χ3n) is 4.45. The Morgan fingerprint density at radius 1 is 1.22 bits per heavy atom. The average Bonchev–Trinajstić information content (AvgIpc) is 2.97. The van der Waals surface area contributed by atoms with E-state index in [2.05, 4.69) is 4.98 Å². The topological polar surface area (TPSA) is 56.4 Å². The van der Waals surface area contributed by atoms with Gasteiger partial charge in [0.25, 0.3) is 5.91 Å². The highest BCUT2D eigenvalue weighted by molar-refractivity contribution is 5.98. The Labute approximate surface area is 136 Å². The van der Waals surface area contributed by atoms with Crippen LogP contribution < -0.4 is 0 Å². The molecule has 0 bridgehead atoms. The molecule has 1 atom stereocenters. The highest BCUT2D eigenvalue weighted by atomic mass is 16.2. The van der Waals surface area contributed by atoms with Gasteiger partial charge in [-0.05, 0) is 19.1 Å². The van der Waals surface area contributed by atoms with Crippen molar-refractivity contribution in [3.05, 3.63) is 36.0 Å². The average molecular weight is 313 g/mol. The van der Waals surface area contributed by atoms with E-state index in [9.17, 15) is 9.59 Å². The van der Waals surface area contributed by atoms with Crippen LogP contribution in [0.15, 0.2) is 30.3 Å². The second-order valence-corrected chi connectivity index (χ2v) is 6.56. The Kier molecular flexibility index (Phi) is 4.11. The zero-order valence-electron chi connectivity index (χ0n) is 13.9. The van der Waals surface area contributed by atoms with Crippen LogP contribution in [0.5, 0.6) is 0 Å². The molecule has 23 heavy (non-hydrogen) atoms. The van der Waals surface area contributed by atoms with Crippen LogP contribution in [0.25, 0.3) is 10.9 Å². The number of rotatable bonds is 2. The monoisotopic (exact) mass is 313 g/mol. The van der Waals surface area contributed by atoms with Gasteiger partial charge in [-0.2, -0.15) is 0 Å². The number of aromatic amines is 1. The lowest BCUT2D eigenvalue weighted by Crippen LogP contribution is -2.56. The van der Waals surface area contributed by atoms with E-state index in [0.29, 0.717) is 25.3 Å². The molecule has 0 radical (unpaired) electrons. The zero-order chi connectivity index (χ0) is 16.6. The van der Waals surface area contributed by atoms with E-state index in [-0.39, 0.29) is 23.8 Å². The number of hydrogen-bond donors (Lipinski definition) is 1. The molecule has 2 heterocycles. The summed E-state index contributed by atoms with van der Waals surface area (Å²) in [5.41, 5.74) is 1.58. The largest absolute Gasteiger partial charge is 0.351 e. The van der Waals surface area contributed by atoms with Gasteiger partial charge in [0.05, 0.1) is 0 Å². The van der Waals surface area contributed by atoms with Gasteiger partial charge in [-0.15, -0.1) is 0 Å². The maximum atomic E-state index is 12.8. The van der Waals surface area contributed by atoms with Crippen molar-refractivity contribution in [3.8, 4) is 0 Å². The molecule has 3 rings (SSSR count). The molecule has 1 aliphatic heterocycles. The van der Waals surface area contributed by atoms with E-state index in [0.717, 1.165) is 10.9 Å². The molecule has 1 fully saturated rings. The van der Waals surface area contributed by atoms with Crippen molar-refractivity contribution in [1.29, 1.82) is 0 Å². The summed E-state index contributed by atoms with van der Waals surface area (Å²) in [6.07, 6.45) is 0. The number of carbonyl (C=O) groups is 2. The van der Waals surface area contributed by atoms with Gasteiger partial charge in [0.2, 0.25) is 5.91 Å². The number of aromatic nitrogens is 1. The molecule has 122 valence electrons. The predicted molar refractivity (Wildman–Crippen MR) is 90.2 cm³/mol. The third kappa shape index (κ3) is 2.96. The number of nitrogens with one attached hydrogen (secondary N) is 1. The summed E-state index contributed by atoms with van der Waals surface area (Å²) in [7, 11) is 0.